The third kappa shape index (κ3) is 3.69. The Hall–Kier alpha value is -2.10. The Morgan fingerprint density at radius 3 is 2.42 bits per heavy atom. The van der Waals surface area contributed by atoms with E-state index in [1.165, 1.54) is 29.5 Å². The second-order valence-corrected chi connectivity index (χ2v) is 7.25. The molecule has 1 aliphatic heterocycles. The quantitative estimate of drug-likeness (QED) is 0.889. The summed E-state index contributed by atoms with van der Waals surface area (Å²) in [4.78, 5) is 11.7. The smallest absolute Gasteiger partial charge is 0.136 e. The molecule has 3 rings (SSSR count). The predicted octanol–water partition coefficient (Wildman–Crippen LogP) is 4.69. The van der Waals surface area contributed by atoms with Gasteiger partial charge in [0, 0.05) is 24.8 Å². The first kappa shape index (κ1) is 16.7. The van der Waals surface area contributed by atoms with Crippen molar-refractivity contribution in [1.29, 1.82) is 0 Å². The van der Waals surface area contributed by atoms with E-state index in [4.69, 9.17) is 0 Å². The van der Waals surface area contributed by atoms with Gasteiger partial charge in [0.1, 0.15) is 17.5 Å². The molecule has 1 fully saturated rings. The van der Waals surface area contributed by atoms with Crippen LogP contribution in [0.5, 0.6) is 0 Å². The van der Waals surface area contributed by atoms with E-state index < -0.39 is 0 Å². The molecule has 2 aromatic rings. The van der Waals surface area contributed by atoms with Crippen molar-refractivity contribution in [1.82, 2.24) is 9.97 Å². The van der Waals surface area contributed by atoms with E-state index in [9.17, 15) is 0 Å². The van der Waals surface area contributed by atoms with Crippen LogP contribution in [0.25, 0.3) is 0 Å². The van der Waals surface area contributed by atoms with Crippen molar-refractivity contribution >= 4 is 17.3 Å². The van der Waals surface area contributed by atoms with Gasteiger partial charge < -0.3 is 10.2 Å². The summed E-state index contributed by atoms with van der Waals surface area (Å²) in [7, 11) is 0. The minimum Gasteiger partial charge on any atom is -0.356 e. The van der Waals surface area contributed by atoms with Crippen LogP contribution in [0.3, 0.4) is 0 Å². The molecule has 0 spiro atoms. The van der Waals surface area contributed by atoms with Gasteiger partial charge in [0.25, 0.3) is 0 Å². The molecule has 0 radical (unpaired) electrons. The molecule has 1 unspecified atom stereocenters. The fourth-order valence-electron chi connectivity index (χ4n) is 3.68. The molecule has 4 nitrogen and oxygen atoms in total. The van der Waals surface area contributed by atoms with Crippen molar-refractivity contribution in [3.05, 3.63) is 40.7 Å². The molecular weight excluding hydrogens is 296 g/mol. The number of benzene rings is 1. The number of piperidine rings is 1. The van der Waals surface area contributed by atoms with Gasteiger partial charge >= 0.3 is 0 Å². The Balaban J connectivity index is 1.89. The number of aryl methyl sites for hydroxylation is 4. The zero-order valence-corrected chi connectivity index (χ0v) is 15.5. The van der Waals surface area contributed by atoms with Gasteiger partial charge in [0.15, 0.2) is 0 Å². The largest absolute Gasteiger partial charge is 0.356 e. The first-order valence-electron chi connectivity index (χ1n) is 8.88. The van der Waals surface area contributed by atoms with Gasteiger partial charge in [-0.1, -0.05) is 24.6 Å². The molecule has 1 atom stereocenters. The van der Waals surface area contributed by atoms with Crippen LogP contribution in [0.2, 0.25) is 0 Å². The lowest BCUT2D eigenvalue weighted by molar-refractivity contribution is 0.444. The van der Waals surface area contributed by atoms with Crippen molar-refractivity contribution in [2.45, 2.75) is 47.5 Å². The zero-order chi connectivity index (χ0) is 17.3. The molecule has 1 aliphatic rings. The van der Waals surface area contributed by atoms with E-state index in [2.05, 4.69) is 66.1 Å². The third-order valence-electron chi connectivity index (χ3n) is 4.74. The normalized spacial score (nSPS) is 17.9. The molecule has 2 heterocycles. The maximum atomic E-state index is 4.67. The molecular formula is C20H28N4. The van der Waals surface area contributed by atoms with E-state index in [-0.39, 0.29) is 0 Å². The highest BCUT2D eigenvalue weighted by atomic mass is 15.2. The van der Waals surface area contributed by atoms with Gasteiger partial charge in [-0.25, -0.2) is 9.97 Å². The average molecular weight is 324 g/mol. The molecule has 1 N–H and O–H groups in total. The molecule has 1 aromatic carbocycles. The third-order valence-corrected chi connectivity index (χ3v) is 4.74. The average Bonchev–Trinajstić information content (AvgIpc) is 2.50. The summed E-state index contributed by atoms with van der Waals surface area (Å²) < 4.78 is 0. The van der Waals surface area contributed by atoms with Crippen molar-refractivity contribution in [3.8, 4) is 0 Å². The summed E-state index contributed by atoms with van der Waals surface area (Å²) in [5, 5.41) is 3.52. The Morgan fingerprint density at radius 2 is 1.75 bits per heavy atom. The molecule has 1 saturated heterocycles. The monoisotopic (exact) mass is 324 g/mol. The molecule has 0 bridgehead atoms. The summed E-state index contributed by atoms with van der Waals surface area (Å²) >= 11 is 0. The number of hydrogen-bond donors (Lipinski definition) is 1. The maximum Gasteiger partial charge on any atom is 0.136 e. The molecule has 4 heteroatoms. The lowest BCUT2D eigenvalue weighted by Gasteiger charge is -2.32. The molecule has 0 aliphatic carbocycles. The Bertz CT molecular complexity index is 715. The number of hydrogen-bond acceptors (Lipinski definition) is 4. The highest BCUT2D eigenvalue weighted by molar-refractivity contribution is 5.66. The maximum absolute atomic E-state index is 4.67. The van der Waals surface area contributed by atoms with Gasteiger partial charge in [-0.2, -0.15) is 0 Å². The second-order valence-electron chi connectivity index (χ2n) is 7.25. The van der Waals surface area contributed by atoms with Gasteiger partial charge in [-0.15, -0.1) is 0 Å². The van der Waals surface area contributed by atoms with Crippen molar-refractivity contribution in [3.63, 3.8) is 0 Å². The van der Waals surface area contributed by atoms with Crippen LogP contribution >= 0.6 is 0 Å². The van der Waals surface area contributed by atoms with Crippen LogP contribution in [-0.4, -0.2) is 23.1 Å². The molecule has 128 valence electrons. The number of anilines is 3. The van der Waals surface area contributed by atoms with Gasteiger partial charge in [0.2, 0.25) is 0 Å². The molecule has 24 heavy (non-hydrogen) atoms. The topological polar surface area (TPSA) is 41.0 Å². The minimum absolute atomic E-state index is 0.729. The fraction of sp³-hybridized carbons (Fsp3) is 0.500. The van der Waals surface area contributed by atoms with E-state index in [0.717, 1.165) is 42.2 Å². The van der Waals surface area contributed by atoms with Crippen LogP contribution in [0.4, 0.5) is 17.3 Å². The highest BCUT2D eigenvalue weighted by Gasteiger charge is 2.18. The zero-order valence-electron chi connectivity index (χ0n) is 15.5. The lowest BCUT2D eigenvalue weighted by atomic mass is 10.0. The van der Waals surface area contributed by atoms with Crippen LogP contribution in [0.1, 0.15) is 42.3 Å². The van der Waals surface area contributed by atoms with Gasteiger partial charge in [-0.05, 0) is 57.6 Å². The number of nitrogens with zero attached hydrogens (tertiary/aromatic N) is 3. The second kappa shape index (κ2) is 6.80. The molecule has 0 amide bonds. The van der Waals surface area contributed by atoms with E-state index in [1.54, 1.807) is 0 Å². The number of rotatable bonds is 3. The summed E-state index contributed by atoms with van der Waals surface area (Å²) in [5.41, 5.74) is 4.93. The SMILES string of the molecule is Cc1cc(C)c(Nc2cc(N3CCCC(C)C3)nc(C)n2)c(C)c1. The number of nitrogens with one attached hydrogen (secondary N) is 1. The van der Waals surface area contributed by atoms with Crippen LogP contribution < -0.4 is 10.2 Å². The van der Waals surface area contributed by atoms with Crippen molar-refractivity contribution < 1.29 is 0 Å². The Labute approximate surface area is 145 Å². The molecule has 1 aromatic heterocycles. The first-order chi connectivity index (χ1) is 11.4. The minimum atomic E-state index is 0.729. The fourth-order valence-corrected chi connectivity index (χ4v) is 3.68. The summed E-state index contributed by atoms with van der Waals surface area (Å²) in [6.07, 6.45) is 2.55. The van der Waals surface area contributed by atoms with E-state index in [0.29, 0.717) is 0 Å². The lowest BCUT2D eigenvalue weighted by Crippen LogP contribution is -2.35. The van der Waals surface area contributed by atoms with Crippen LogP contribution in [-0.2, 0) is 0 Å². The van der Waals surface area contributed by atoms with E-state index in [1.807, 2.05) is 6.92 Å². The van der Waals surface area contributed by atoms with E-state index >= 15 is 0 Å². The van der Waals surface area contributed by atoms with Gasteiger partial charge in [-0.3, -0.25) is 0 Å². The highest BCUT2D eigenvalue weighted by Crippen LogP contribution is 2.28. The number of aromatic nitrogens is 2. The standard InChI is InChI=1S/C20H28N4/c1-13-7-6-8-24(12-13)19-11-18(21-17(5)22-19)23-20-15(3)9-14(2)10-16(20)4/h9-11,13H,6-8,12H2,1-5H3,(H,21,22,23). The summed E-state index contributed by atoms with van der Waals surface area (Å²) in [6.45, 7) is 12.9. The van der Waals surface area contributed by atoms with Crippen LogP contribution in [0.15, 0.2) is 18.2 Å². The Kier molecular flexibility index (Phi) is 4.74. The Morgan fingerprint density at radius 1 is 1.04 bits per heavy atom. The van der Waals surface area contributed by atoms with Crippen LogP contribution in [0, 0.1) is 33.6 Å². The summed E-state index contributed by atoms with van der Waals surface area (Å²) in [5.74, 6) is 3.47. The first-order valence-corrected chi connectivity index (χ1v) is 8.88. The van der Waals surface area contributed by atoms with Crippen molar-refractivity contribution in [2.24, 2.45) is 5.92 Å². The summed E-state index contributed by atoms with van der Waals surface area (Å²) in [6, 6.07) is 6.50. The van der Waals surface area contributed by atoms with Crippen molar-refractivity contribution in [2.75, 3.05) is 23.3 Å². The molecule has 0 saturated carbocycles. The predicted molar refractivity (Wildman–Crippen MR) is 101 cm³/mol. The van der Waals surface area contributed by atoms with Gasteiger partial charge in [0.05, 0.1) is 0 Å².